The second-order valence-corrected chi connectivity index (χ2v) is 9.93. The van der Waals surface area contributed by atoms with E-state index in [1.165, 1.54) is 17.9 Å². The van der Waals surface area contributed by atoms with E-state index in [0.717, 1.165) is 46.7 Å². The van der Waals surface area contributed by atoms with E-state index >= 15 is 0 Å². The summed E-state index contributed by atoms with van der Waals surface area (Å²) in [5, 5.41) is 1.42. The molecule has 1 aliphatic heterocycles. The number of hydrogen-bond acceptors (Lipinski definition) is 6. The predicted molar refractivity (Wildman–Crippen MR) is 152 cm³/mol. The summed E-state index contributed by atoms with van der Waals surface area (Å²) < 4.78 is 5.96. The van der Waals surface area contributed by atoms with E-state index in [1.807, 2.05) is 67.6 Å². The number of amides is 1. The van der Waals surface area contributed by atoms with E-state index < -0.39 is 0 Å². The zero-order valence-electron chi connectivity index (χ0n) is 21.7. The van der Waals surface area contributed by atoms with Crippen molar-refractivity contribution in [2.45, 2.75) is 39.2 Å². The maximum absolute atomic E-state index is 13.5. The summed E-state index contributed by atoms with van der Waals surface area (Å²) in [6, 6.07) is 21.6. The van der Waals surface area contributed by atoms with Crippen molar-refractivity contribution in [3.63, 3.8) is 0 Å². The highest BCUT2D eigenvalue weighted by atomic mass is 16.7. The zero-order valence-corrected chi connectivity index (χ0v) is 21.7. The van der Waals surface area contributed by atoms with Crippen molar-refractivity contribution in [3.05, 3.63) is 83.4 Å². The Kier molecular flexibility index (Phi) is 7.75. The number of rotatable bonds is 10. The molecule has 0 bridgehead atoms. The number of amidine groups is 1. The number of fused-ring (bicyclic) bond motifs is 1. The van der Waals surface area contributed by atoms with Gasteiger partial charge in [0.1, 0.15) is 18.2 Å². The number of nitrogen functional groups attached to an aromatic ring is 1. The molecule has 2 aliphatic rings. The maximum Gasteiger partial charge on any atom is 0.273 e. The standard InChI is InChI=1S/C31H34N4O3/c1-2-14-35(38-20-22-8-12-27(32)13-9-22)31(36)26-15-25-11-10-24(17-29(25)34-30(33)18-26)23-4-3-5-28(16-23)37-19-21-6-7-21/h3-5,8-13,15-17,21H,2,6-7,14,18-20,32H2,1H3,(H2,33,34). The highest BCUT2D eigenvalue weighted by molar-refractivity contribution is 6.05. The summed E-state index contributed by atoms with van der Waals surface area (Å²) in [4.78, 5) is 24.1. The Bertz CT molecular complexity index is 1360. The molecule has 0 spiro atoms. The van der Waals surface area contributed by atoms with Gasteiger partial charge in [-0.25, -0.2) is 10.1 Å². The average Bonchev–Trinajstić information content (AvgIpc) is 3.77. The van der Waals surface area contributed by atoms with Gasteiger partial charge in [-0.1, -0.05) is 43.3 Å². The van der Waals surface area contributed by atoms with Crippen LogP contribution in [0.15, 0.2) is 77.3 Å². The molecule has 1 amide bonds. The number of ether oxygens (including phenoxy) is 1. The fraction of sp³-hybridized carbons (Fsp3) is 0.290. The molecule has 1 heterocycles. The summed E-state index contributed by atoms with van der Waals surface area (Å²) in [6.07, 6.45) is 5.39. The normalized spacial score (nSPS) is 14.7. The smallest absolute Gasteiger partial charge is 0.273 e. The monoisotopic (exact) mass is 510 g/mol. The molecule has 0 unspecified atom stereocenters. The molecule has 38 heavy (non-hydrogen) atoms. The molecule has 0 atom stereocenters. The van der Waals surface area contributed by atoms with E-state index in [1.54, 1.807) is 0 Å². The fourth-order valence-electron chi connectivity index (χ4n) is 4.33. The molecular weight excluding hydrogens is 476 g/mol. The minimum Gasteiger partial charge on any atom is -0.493 e. The largest absolute Gasteiger partial charge is 0.493 e. The predicted octanol–water partition coefficient (Wildman–Crippen LogP) is 5.87. The van der Waals surface area contributed by atoms with Gasteiger partial charge < -0.3 is 16.2 Å². The molecule has 5 rings (SSSR count). The molecule has 3 aromatic carbocycles. The molecule has 4 N–H and O–H groups in total. The van der Waals surface area contributed by atoms with Crippen LogP contribution in [0.25, 0.3) is 17.2 Å². The van der Waals surface area contributed by atoms with Crippen LogP contribution in [0.2, 0.25) is 0 Å². The van der Waals surface area contributed by atoms with Crippen molar-refractivity contribution in [2.75, 3.05) is 18.9 Å². The summed E-state index contributed by atoms with van der Waals surface area (Å²) in [7, 11) is 0. The first-order valence-electron chi connectivity index (χ1n) is 13.2. The third-order valence-electron chi connectivity index (χ3n) is 6.64. The van der Waals surface area contributed by atoms with Gasteiger partial charge in [-0.2, -0.15) is 0 Å². The number of nitrogens with zero attached hydrogens (tertiary/aromatic N) is 2. The van der Waals surface area contributed by atoms with Gasteiger partial charge in [0.15, 0.2) is 0 Å². The summed E-state index contributed by atoms with van der Waals surface area (Å²) in [5.74, 6) is 1.74. The van der Waals surface area contributed by atoms with Crippen molar-refractivity contribution < 1.29 is 14.4 Å². The lowest BCUT2D eigenvalue weighted by molar-refractivity contribution is -0.187. The Morgan fingerprint density at radius 3 is 2.58 bits per heavy atom. The lowest BCUT2D eigenvalue weighted by Crippen LogP contribution is -2.34. The molecule has 7 heteroatoms. The Morgan fingerprint density at radius 1 is 1.03 bits per heavy atom. The minimum absolute atomic E-state index is 0.210. The number of nitrogens with two attached hydrogens (primary N) is 2. The molecule has 196 valence electrons. The van der Waals surface area contributed by atoms with Gasteiger partial charge in [-0.05, 0) is 78.3 Å². The van der Waals surface area contributed by atoms with Gasteiger partial charge >= 0.3 is 0 Å². The van der Waals surface area contributed by atoms with Gasteiger partial charge in [0.25, 0.3) is 5.91 Å². The highest BCUT2D eigenvalue weighted by Crippen LogP contribution is 2.34. The highest BCUT2D eigenvalue weighted by Gasteiger charge is 2.23. The topological polar surface area (TPSA) is 103 Å². The van der Waals surface area contributed by atoms with Gasteiger partial charge in [0.05, 0.1) is 12.3 Å². The number of carbonyl (C=O) groups is 1. The number of aliphatic imine (C=N–C) groups is 1. The molecule has 3 aromatic rings. The van der Waals surface area contributed by atoms with E-state index in [-0.39, 0.29) is 18.9 Å². The van der Waals surface area contributed by atoms with Crippen molar-refractivity contribution in [2.24, 2.45) is 16.6 Å². The average molecular weight is 511 g/mol. The Balaban J connectivity index is 1.35. The quantitative estimate of drug-likeness (QED) is 0.262. The van der Waals surface area contributed by atoms with E-state index in [4.69, 9.17) is 21.0 Å². The third-order valence-corrected chi connectivity index (χ3v) is 6.64. The summed E-state index contributed by atoms with van der Waals surface area (Å²) in [6.45, 7) is 3.52. The van der Waals surface area contributed by atoms with Gasteiger partial charge in [0.2, 0.25) is 0 Å². The number of benzene rings is 3. The van der Waals surface area contributed by atoms with Crippen LogP contribution in [0.3, 0.4) is 0 Å². The summed E-state index contributed by atoms with van der Waals surface area (Å²) >= 11 is 0. The molecule has 0 saturated heterocycles. The molecule has 0 radical (unpaired) electrons. The van der Waals surface area contributed by atoms with E-state index in [0.29, 0.717) is 29.6 Å². The van der Waals surface area contributed by atoms with Crippen molar-refractivity contribution >= 4 is 29.2 Å². The van der Waals surface area contributed by atoms with E-state index in [2.05, 4.69) is 17.1 Å². The van der Waals surface area contributed by atoms with Gasteiger partial charge in [-0.15, -0.1) is 0 Å². The fourth-order valence-corrected chi connectivity index (χ4v) is 4.33. The van der Waals surface area contributed by atoms with Crippen molar-refractivity contribution in [1.29, 1.82) is 0 Å². The molecular formula is C31H34N4O3. The van der Waals surface area contributed by atoms with Crippen LogP contribution in [0.5, 0.6) is 5.75 Å². The number of anilines is 1. The lowest BCUT2D eigenvalue weighted by atomic mass is 10.0. The molecule has 7 nitrogen and oxygen atoms in total. The minimum atomic E-state index is -0.210. The first kappa shape index (κ1) is 25.5. The van der Waals surface area contributed by atoms with Crippen molar-refractivity contribution in [1.82, 2.24) is 5.06 Å². The van der Waals surface area contributed by atoms with Crippen LogP contribution in [0, 0.1) is 5.92 Å². The molecule has 1 aliphatic carbocycles. The SMILES string of the molecule is CCCN(OCc1ccc(N)cc1)C(=O)C1=Cc2ccc(-c3cccc(OCC4CC4)c3)cc2N=C(N)C1. The Labute approximate surface area is 223 Å². The van der Waals surface area contributed by atoms with Crippen LogP contribution in [-0.4, -0.2) is 30.0 Å². The lowest BCUT2D eigenvalue weighted by Gasteiger charge is -2.22. The van der Waals surface area contributed by atoms with Crippen LogP contribution in [0.1, 0.15) is 43.7 Å². The van der Waals surface area contributed by atoms with Gasteiger partial charge in [0, 0.05) is 29.8 Å². The summed E-state index contributed by atoms with van der Waals surface area (Å²) in [5.41, 5.74) is 17.9. The first-order chi connectivity index (χ1) is 18.5. The maximum atomic E-state index is 13.5. The van der Waals surface area contributed by atoms with Crippen LogP contribution in [0.4, 0.5) is 11.4 Å². The second-order valence-electron chi connectivity index (χ2n) is 9.93. The zero-order chi connectivity index (χ0) is 26.5. The molecule has 0 aromatic heterocycles. The first-order valence-corrected chi connectivity index (χ1v) is 13.2. The van der Waals surface area contributed by atoms with Gasteiger partial charge in [-0.3, -0.25) is 9.63 Å². The van der Waals surface area contributed by atoms with Crippen molar-refractivity contribution in [3.8, 4) is 16.9 Å². The Hall–Kier alpha value is -4.10. The second kappa shape index (κ2) is 11.5. The van der Waals surface area contributed by atoms with Crippen LogP contribution in [-0.2, 0) is 16.2 Å². The van der Waals surface area contributed by atoms with Crippen LogP contribution >= 0.6 is 0 Å². The third kappa shape index (κ3) is 6.42. The Morgan fingerprint density at radius 2 is 1.82 bits per heavy atom. The van der Waals surface area contributed by atoms with Crippen LogP contribution < -0.4 is 16.2 Å². The number of carbonyl (C=O) groups excluding carboxylic acids is 1. The van der Waals surface area contributed by atoms with E-state index in [9.17, 15) is 4.79 Å². The molecule has 1 saturated carbocycles. The number of hydrogen-bond donors (Lipinski definition) is 2. The molecule has 1 fully saturated rings. The number of hydroxylamine groups is 2.